The fourth-order valence-electron chi connectivity index (χ4n) is 1.52. The van der Waals surface area contributed by atoms with Crippen molar-refractivity contribution in [2.75, 3.05) is 6.61 Å². The van der Waals surface area contributed by atoms with Crippen molar-refractivity contribution < 1.29 is 9.50 Å². The number of halogens is 2. The van der Waals surface area contributed by atoms with Crippen molar-refractivity contribution in [1.82, 2.24) is 9.38 Å². The molecule has 0 saturated carbocycles. The molecule has 2 rings (SSSR count). The number of hydrogen-bond donors (Lipinski definition) is 2. The van der Waals surface area contributed by atoms with Crippen molar-refractivity contribution in [3.63, 3.8) is 0 Å². The summed E-state index contributed by atoms with van der Waals surface area (Å²) in [6.45, 7) is -0.0419. The summed E-state index contributed by atoms with van der Waals surface area (Å²) in [6.07, 6.45) is 1.62. The second-order valence-electron chi connectivity index (χ2n) is 3.48. The van der Waals surface area contributed by atoms with Crippen LogP contribution in [-0.4, -0.2) is 21.1 Å². The fourth-order valence-corrected chi connectivity index (χ4v) is 1.84. The van der Waals surface area contributed by atoms with Crippen LogP contribution in [0.3, 0.4) is 0 Å². The summed E-state index contributed by atoms with van der Waals surface area (Å²) in [5.41, 5.74) is 6.80. The number of imidazole rings is 1. The predicted molar refractivity (Wildman–Crippen MR) is 58.8 cm³/mol. The molecule has 0 spiro atoms. The first-order chi connectivity index (χ1) is 7.63. The molecule has 0 radical (unpaired) electrons. The Hall–Kier alpha value is -1.17. The monoisotopic (exact) mass is 243 g/mol. The lowest BCUT2D eigenvalue weighted by atomic mass is 10.2. The van der Waals surface area contributed by atoms with Gasteiger partial charge in [-0.1, -0.05) is 11.6 Å². The van der Waals surface area contributed by atoms with Gasteiger partial charge in [-0.3, -0.25) is 4.40 Å². The third-order valence-electron chi connectivity index (χ3n) is 2.34. The van der Waals surface area contributed by atoms with E-state index in [2.05, 4.69) is 4.98 Å². The van der Waals surface area contributed by atoms with Crippen LogP contribution in [0.25, 0.3) is 5.65 Å². The molecule has 1 atom stereocenters. The number of nitrogens with two attached hydrogens (primary N) is 1. The Labute approximate surface area is 96.5 Å². The molecule has 0 saturated heterocycles. The van der Waals surface area contributed by atoms with Gasteiger partial charge in [-0.25, -0.2) is 9.37 Å². The van der Waals surface area contributed by atoms with Gasteiger partial charge in [-0.15, -0.1) is 0 Å². The quantitative estimate of drug-likeness (QED) is 0.859. The normalized spacial score (nSPS) is 13.2. The molecule has 0 aliphatic heterocycles. The third-order valence-corrected chi connectivity index (χ3v) is 2.72. The van der Waals surface area contributed by atoms with Gasteiger partial charge in [-0.2, -0.15) is 0 Å². The number of nitrogens with zero attached hydrogens (tertiary/aromatic N) is 2. The number of fused-ring (bicyclic) bond motifs is 1. The van der Waals surface area contributed by atoms with Gasteiger partial charge in [0.2, 0.25) is 0 Å². The zero-order chi connectivity index (χ0) is 11.7. The first kappa shape index (κ1) is 11.3. The van der Waals surface area contributed by atoms with Crippen molar-refractivity contribution in [1.29, 1.82) is 0 Å². The zero-order valence-corrected chi connectivity index (χ0v) is 9.15. The highest BCUT2D eigenvalue weighted by molar-refractivity contribution is 6.30. The largest absolute Gasteiger partial charge is 0.396 e. The number of pyridine rings is 1. The maximum absolute atomic E-state index is 13.0. The first-order valence-electron chi connectivity index (χ1n) is 4.83. The molecule has 16 heavy (non-hydrogen) atoms. The van der Waals surface area contributed by atoms with Crippen LogP contribution in [-0.2, 0) is 0 Å². The molecule has 0 fully saturated rings. The molecule has 2 heterocycles. The van der Waals surface area contributed by atoms with Gasteiger partial charge in [0.05, 0.1) is 11.7 Å². The van der Waals surface area contributed by atoms with E-state index in [9.17, 15) is 4.39 Å². The maximum atomic E-state index is 13.0. The van der Waals surface area contributed by atoms with Crippen LogP contribution < -0.4 is 5.73 Å². The summed E-state index contributed by atoms with van der Waals surface area (Å²) in [5.74, 6) is -0.394. The van der Waals surface area contributed by atoms with E-state index in [0.29, 0.717) is 17.8 Å². The van der Waals surface area contributed by atoms with E-state index in [1.54, 1.807) is 0 Å². The van der Waals surface area contributed by atoms with E-state index in [0.717, 1.165) is 0 Å². The number of hydrogen-bond acceptors (Lipinski definition) is 3. The average Bonchev–Trinajstić information content (AvgIpc) is 2.57. The van der Waals surface area contributed by atoms with E-state index in [4.69, 9.17) is 22.4 Å². The van der Waals surface area contributed by atoms with Gasteiger partial charge in [0.1, 0.15) is 16.6 Å². The van der Waals surface area contributed by atoms with Gasteiger partial charge >= 0.3 is 0 Å². The van der Waals surface area contributed by atoms with Crippen molar-refractivity contribution in [3.8, 4) is 0 Å². The zero-order valence-electron chi connectivity index (χ0n) is 8.40. The summed E-state index contributed by atoms with van der Waals surface area (Å²) >= 11 is 6.03. The topological polar surface area (TPSA) is 63.5 Å². The highest BCUT2D eigenvalue weighted by atomic mass is 35.5. The molecule has 0 aliphatic carbocycles. The van der Waals surface area contributed by atoms with Crippen LogP contribution in [0.4, 0.5) is 4.39 Å². The lowest BCUT2D eigenvalue weighted by Gasteiger charge is -2.06. The van der Waals surface area contributed by atoms with E-state index < -0.39 is 11.9 Å². The maximum Gasteiger partial charge on any atom is 0.139 e. The van der Waals surface area contributed by atoms with Crippen LogP contribution in [0.15, 0.2) is 18.3 Å². The fraction of sp³-hybridized carbons (Fsp3) is 0.300. The van der Waals surface area contributed by atoms with Gasteiger partial charge in [0.25, 0.3) is 0 Å². The third kappa shape index (κ3) is 1.89. The van der Waals surface area contributed by atoms with Crippen LogP contribution >= 0.6 is 11.6 Å². The first-order valence-corrected chi connectivity index (χ1v) is 5.20. The van der Waals surface area contributed by atoms with Gasteiger partial charge < -0.3 is 10.8 Å². The molecule has 86 valence electrons. The van der Waals surface area contributed by atoms with Crippen molar-refractivity contribution in [2.45, 2.75) is 12.5 Å². The smallest absolute Gasteiger partial charge is 0.139 e. The minimum Gasteiger partial charge on any atom is -0.396 e. The Morgan fingerprint density at radius 3 is 3.00 bits per heavy atom. The molecule has 2 aromatic heterocycles. The molecule has 0 aromatic carbocycles. The van der Waals surface area contributed by atoms with Gasteiger partial charge in [0.15, 0.2) is 0 Å². The number of rotatable bonds is 3. The van der Waals surface area contributed by atoms with E-state index in [1.807, 2.05) is 0 Å². The lowest BCUT2D eigenvalue weighted by molar-refractivity contribution is 0.276. The van der Waals surface area contributed by atoms with Crippen molar-refractivity contribution in [3.05, 3.63) is 35.0 Å². The molecule has 4 nitrogen and oxygen atoms in total. The minimum atomic E-state index is -0.444. The molecule has 0 amide bonds. The van der Waals surface area contributed by atoms with Crippen molar-refractivity contribution in [2.24, 2.45) is 5.73 Å². The SMILES string of the molecule is NC(CCO)c1nc2ccc(F)cn2c1Cl. The molecule has 3 N–H and O–H groups in total. The highest BCUT2D eigenvalue weighted by Crippen LogP contribution is 2.24. The number of aromatic nitrogens is 2. The van der Waals surface area contributed by atoms with E-state index in [-0.39, 0.29) is 11.8 Å². The molecule has 1 unspecified atom stereocenters. The molecule has 2 aromatic rings. The van der Waals surface area contributed by atoms with Crippen LogP contribution in [0.5, 0.6) is 0 Å². The van der Waals surface area contributed by atoms with Crippen LogP contribution in [0.1, 0.15) is 18.2 Å². The van der Waals surface area contributed by atoms with Gasteiger partial charge in [-0.05, 0) is 18.6 Å². The Morgan fingerprint density at radius 1 is 1.56 bits per heavy atom. The van der Waals surface area contributed by atoms with E-state index in [1.165, 1.54) is 22.7 Å². The predicted octanol–water partition coefficient (Wildman–Crippen LogP) is 1.51. The van der Waals surface area contributed by atoms with Crippen LogP contribution in [0.2, 0.25) is 5.15 Å². The van der Waals surface area contributed by atoms with E-state index >= 15 is 0 Å². The van der Waals surface area contributed by atoms with Gasteiger partial charge in [0, 0.05) is 12.8 Å². The Balaban J connectivity index is 2.51. The molecule has 0 bridgehead atoms. The Bertz CT molecular complexity index is 514. The summed E-state index contributed by atoms with van der Waals surface area (Å²) in [6, 6.07) is 2.39. The highest BCUT2D eigenvalue weighted by Gasteiger charge is 2.16. The number of aliphatic hydroxyl groups is 1. The molecule has 0 aliphatic rings. The minimum absolute atomic E-state index is 0.0419. The molecular weight excluding hydrogens is 233 g/mol. The Kier molecular flexibility index (Phi) is 3.09. The van der Waals surface area contributed by atoms with Crippen molar-refractivity contribution >= 4 is 17.2 Å². The second kappa shape index (κ2) is 4.37. The summed E-state index contributed by atoms with van der Waals surface area (Å²) in [4.78, 5) is 4.20. The summed E-state index contributed by atoms with van der Waals surface area (Å²) in [7, 11) is 0. The average molecular weight is 244 g/mol. The number of aliphatic hydroxyl groups excluding tert-OH is 1. The second-order valence-corrected chi connectivity index (χ2v) is 3.84. The molecule has 6 heteroatoms. The summed E-state index contributed by atoms with van der Waals surface area (Å²) in [5, 5.41) is 9.08. The summed E-state index contributed by atoms with van der Waals surface area (Å²) < 4.78 is 14.4. The van der Waals surface area contributed by atoms with Crippen LogP contribution in [0, 0.1) is 5.82 Å². The standard InChI is InChI=1S/C10H11ClFN3O/c11-10-9(7(13)3-4-16)14-8-2-1-6(12)5-15(8)10/h1-2,5,7,16H,3-4,13H2. The lowest BCUT2D eigenvalue weighted by Crippen LogP contribution is -2.12. The molecular formula is C10H11ClFN3O. The Morgan fingerprint density at radius 2 is 2.31 bits per heavy atom.